The molecule has 2 aromatic rings. The Kier molecular flexibility index (Phi) is 6.68. The molecule has 6 heteroatoms. The number of ether oxygens (including phenoxy) is 3. The number of carbonyl (C=O) groups is 2. The number of hydrogen-bond donors (Lipinski definition) is 1. The Morgan fingerprint density at radius 1 is 1.00 bits per heavy atom. The second-order valence-electron chi connectivity index (χ2n) is 8.30. The van der Waals surface area contributed by atoms with Crippen LogP contribution in [0.2, 0.25) is 0 Å². The number of rotatable bonds is 5. The first-order valence-corrected chi connectivity index (χ1v) is 10.8. The predicted octanol–water partition coefficient (Wildman–Crippen LogP) is 3.67. The first-order chi connectivity index (χ1) is 15.1. The van der Waals surface area contributed by atoms with Crippen LogP contribution < -0.4 is 5.32 Å². The van der Waals surface area contributed by atoms with E-state index in [0.29, 0.717) is 11.5 Å². The van der Waals surface area contributed by atoms with Gasteiger partial charge in [-0.2, -0.15) is 0 Å². The van der Waals surface area contributed by atoms with Gasteiger partial charge in [-0.05, 0) is 42.9 Å². The van der Waals surface area contributed by atoms with Gasteiger partial charge in [0.15, 0.2) is 6.29 Å². The van der Waals surface area contributed by atoms with Crippen LogP contribution in [-0.4, -0.2) is 43.5 Å². The van der Waals surface area contributed by atoms with Crippen molar-refractivity contribution < 1.29 is 23.8 Å². The average Bonchev–Trinajstić information content (AvgIpc) is 2.80. The van der Waals surface area contributed by atoms with Gasteiger partial charge in [-0.1, -0.05) is 48.5 Å². The molecule has 6 atom stereocenters. The minimum Gasteiger partial charge on any atom is -0.460 e. The van der Waals surface area contributed by atoms with E-state index in [-0.39, 0.29) is 23.9 Å². The minimum absolute atomic E-state index is 0.0321. The maximum Gasteiger partial charge on any atom is 0.302 e. The largest absolute Gasteiger partial charge is 0.460 e. The van der Waals surface area contributed by atoms with Crippen molar-refractivity contribution in [3.05, 3.63) is 71.8 Å². The number of benzene rings is 2. The van der Waals surface area contributed by atoms with Crippen LogP contribution in [-0.2, 0) is 19.0 Å². The van der Waals surface area contributed by atoms with Crippen molar-refractivity contribution in [2.24, 2.45) is 5.92 Å². The monoisotopic (exact) mass is 423 g/mol. The maximum atomic E-state index is 12.9. The van der Waals surface area contributed by atoms with Gasteiger partial charge in [0.25, 0.3) is 5.91 Å². The molecule has 4 rings (SSSR count). The Morgan fingerprint density at radius 3 is 2.32 bits per heavy atom. The topological polar surface area (TPSA) is 73.9 Å². The molecular weight excluding hydrogens is 394 g/mol. The van der Waals surface area contributed by atoms with Gasteiger partial charge in [-0.15, -0.1) is 0 Å². The van der Waals surface area contributed by atoms with Crippen LogP contribution in [0.25, 0.3) is 0 Å². The number of methoxy groups -OCH3 is 1. The Labute approximate surface area is 182 Å². The molecule has 2 aromatic carbocycles. The van der Waals surface area contributed by atoms with E-state index in [4.69, 9.17) is 14.2 Å². The normalized spacial score (nSPS) is 30.1. The van der Waals surface area contributed by atoms with Crippen molar-refractivity contribution in [1.29, 1.82) is 0 Å². The van der Waals surface area contributed by atoms with Crippen molar-refractivity contribution in [3.8, 4) is 0 Å². The van der Waals surface area contributed by atoms with Crippen molar-refractivity contribution in [2.75, 3.05) is 7.11 Å². The van der Waals surface area contributed by atoms with Crippen LogP contribution in [0.1, 0.15) is 48.0 Å². The molecule has 0 spiro atoms. The lowest BCUT2D eigenvalue weighted by Gasteiger charge is -2.49. The van der Waals surface area contributed by atoms with Crippen LogP contribution in [0.5, 0.6) is 0 Å². The quantitative estimate of drug-likeness (QED) is 0.743. The fraction of sp³-hybridized carbons (Fsp3) is 0.440. The van der Waals surface area contributed by atoms with E-state index >= 15 is 0 Å². The molecule has 1 heterocycles. The summed E-state index contributed by atoms with van der Waals surface area (Å²) in [4.78, 5) is 24.9. The van der Waals surface area contributed by atoms with Gasteiger partial charge in [0.05, 0.1) is 6.10 Å². The van der Waals surface area contributed by atoms with Crippen molar-refractivity contribution in [2.45, 2.75) is 56.6 Å². The average molecular weight is 424 g/mol. The van der Waals surface area contributed by atoms with Gasteiger partial charge in [-0.3, -0.25) is 9.59 Å². The lowest BCUT2D eigenvalue weighted by molar-refractivity contribution is -0.253. The predicted molar refractivity (Wildman–Crippen MR) is 115 cm³/mol. The summed E-state index contributed by atoms with van der Waals surface area (Å²) in [5, 5.41) is 3.01. The molecule has 31 heavy (non-hydrogen) atoms. The van der Waals surface area contributed by atoms with Crippen LogP contribution >= 0.6 is 0 Å². The molecule has 1 saturated heterocycles. The Balaban J connectivity index is 1.60. The zero-order valence-electron chi connectivity index (χ0n) is 17.9. The van der Waals surface area contributed by atoms with E-state index in [9.17, 15) is 9.59 Å². The smallest absolute Gasteiger partial charge is 0.302 e. The summed E-state index contributed by atoms with van der Waals surface area (Å²) in [5.74, 6) is -0.299. The second kappa shape index (κ2) is 9.62. The first kappa shape index (κ1) is 21.5. The number of nitrogens with one attached hydrogen (secondary N) is 1. The third-order valence-corrected chi connectivity index (χ3v) is 6.35. The molecule has 2 fully saturated rings. The summed E-state index contributed by atoms with van der Waals surface area (Å²) in [7, 11) is 1.55. The molecule has 0 bridgehead atoms. The highest BCUT2D eigenvalue weighted by Crippen LogP contribution is 2.44. The highest BCUT2D eigenvalue weighted by atomic mass is 16.7. The van der Waals surface area contributed by atoms with Crippen molar-refractivity contribution in [3.63, 3.8) is 0 Å². The fourth-order valence-corrected chi connectivity index (χ4v) is 4.93. The van der Waals surface area contributed by atoms with Crippen molar-refractivity contribution in [1.82, 2.24) is 5.32 Å². The number of carbonyl (C=O) groups excluding carboxylic acids is 2. The Morgan fingerprint density at radius 2 is 1.68 bits per heavy atom. The highest BCUT2D eigenvalue weighted by molar-refractivity contribution is 5.94. The lowest BCUT2D eigenvalue weighted by Crippen LogP contribution is -2.63. The number of fused-ring (bicyclic) bond motifs is 1. The van der Waals surface area contributed by atoms with E-state index in [1.54, 1.807) is 19.2 Å². The van der Waals surface area contributed by atoms with Gasteiger partial charge in [0.2, 0.25) is 0 Å². The highest BCUT2D eigenvalue weighted by Gasteiger charge is 2.50. The van der Waals surface area contributed by atoms with E-state index in [1.165, 1.54) is 12.5 Å². The number of esters is 1. The fourth-order valence-electron chi connectivity index (χ4n) is 4.93. The maximum absolute atomic E-state index is 12.9. The van der Waals surface area contributed by atoms with Crippen LogP contribution in [0.3, 0.4) is 0 Å². The number of amides is 1. The molecule has 0 aromatic heterocycles. The van der Waals surface area contributed by atoms with Crippen LogP contribution in [0.4, 0.5) is 0 Å². The minimum atomic E-state index is -0.688. The zero-order valence-corrected chi connectivity index (χ0v) is 17.9. The first-order valence-electron chi connectivity index (χ1n) is 10.8. The van der Waals surface area contributed by atoms with E-state index in [1.807, 2.05) is 36.4 Å². The molecule has 164 valence electrons. The van der Waals surface area contributed by atoms with Gasteiger partial charge >= 0.3 is 5.97 Å². The summed E-state index contributed by atoms with van der Waals surface area (Å²) in [6, 6.07) is 18.8. The van der Waals surface area contributed by atoms with Crippen LogP contribution in [0, 0.1) is 5.92 Å². The molecule has 1 N–H and O–H groups in total. The molecule has 0 radical (unpaired) electrons. The summed E-state index contributed by atoms with van der Waals surface area (Å²) in [6.07, 6.45) is 1.36. The van der Waals surface area contributed by atoms with Gasteiger partial charge in [-0.25, -0.2) is 0 Å². The van der Waals surface area contributed by atoms with E-state index in [2.05, 4.69) is 17.4 Å². The summed E-state index contributed by atoms with van der Waals surface area (Å²) < 4.78 is 17.7. The third kappa shape index (κ3) is 4.81. The van der Waals surface area contributed by atoms with Gasteiger partial charge in [0.1, 0.15) is 12.1 Å². The lowest BCUT2D eigenvalue weighted by atomic mass is 9.71. The molecule has 1 aliphatic carbocycles. The Bertz CT molecular complexity index is 887. The zero-order chi connectivity index (χ0) is 21.8. The molecule has 0 unspecified atom stereocenters. The summed E-state index contributed by atoms with van der Waals surface area (Å²) in [5.41, 5.74) is 1.81. The molecular formula is C25H29NO5. The second-order valence-corrected chi connectivity index (χ2v) is 8.30. The Hall–Kier alpha value is -2.70. The van der Waals surface area contributed by atoms with Gasteiger partial charge < -0.3 is 19.5 Å². The standard InChI is InChI=1S/C25H29NO5/c1-16(27)30-23-20-15-19(17-9-5-3-6-10-17)13-14-21(20)31-25(29-2)22(23)26-24(28)18-11-7-4-8-12-18/h3-12,19-23,25H,13-15H2,1-2H3,(H,26,28)/t19-,20+,21+,22-,23+,25+/m1/s1. The molecule has 6 nitrogen and oxygen atoms in total. The van der Waals surface area contributed by atoms with E-state index < -0.39 is 18.4 Å². The molecule has 1 aliphatic heterocycles. The SMILES string of the molecule is CO[C@H]1O[C@H]2CC[C@@H](c3ccccc3)C[C@@H]2[C@H](OC(C)=O)[C@H]1NC(=O)c1ccccc1. The van der Waals surface area contributed by atoms with Crippen molar-refractivity contribution >= 4 is 11.9 Å². The molecule has 1 saturated carbocycles. The summed E-state index contributed by atoms with van der Waals surface area (Å²) >= 11 is 0. The van der Waals surface area contributed by atoms with E-state index in [0.717, 1.165) is 19.3 Å². The third-order valence-electron chi connectivity index (χ3n) is 6.35. The van der Waals surface area contributed by atoms with Crippen LogP contribution in [0.15, 0.2) is 60.7 Å². The summed E-state index contributed by atoms with van der Waals surface area (Å²) in [6.45, 7) is 1.40. The molecule has 2 aliphatic rings. The van der Waals surface area contributed by atoms with Gasteiger partial charge in [0, 0.05) is 25.5 Å². The molecule has 1 amide bonds. The number of hydrogen-bond acceptors (Lipinski definition) is 5.